The van der Waals surface area contributed by atoms with E-state index < -0.39 is 33.4 Å². The van der Waals surface area contributed by atoms with Crippen molar-refractivity contribution in [2.45, 2.75) is 25.9 Å². The topological polar surface area (TPSA) is 130 Å². The van der Waals surface area contributed by atoms with Gasteiger partial charge in [-0.05, 0) is 36.2 Å². The van der Waals surface area contributed by atoms with Crippen LogP contribution in [0.2, 0.25) is 0 Å². The van der Waals surface area contributed by atoms with E-state index in [4.69, 9.17) is 0 Å². The van der Waals surface area contributed by atoms with E-state index in [9.17, 15) is 28.1 Å². The first kappa shape index (κ1) is 29.8. The Balaban J connectivity index is 2.06. The summed E-state index contributed by atoms with van der Waals surface area (Å²) in [5.74, 6) is -1.02. The van der Waals surface area contributed by atoms with Crippen LogP contribution in [0.3, 0.4) is 0 Å². The van der Waals surface area contributed by atoms with E-state index in [1.54, 1.807) is 19.1 Å². The summed E-state index contributed by atoms with van der Waals surface area (Å²) in [6.07, 6.45) is 1.12. The van der Waals surface area contributed by atoms with E-state index in [0.717, 1.165) is 32.2 Å². The third-order valence-electron chi connectivity index (χ3n) is 5.87. The Labute approximate surface area is 236 Å². The van der Waals surface area contributed by atoms with Crippen molar-refractivity contribution < 1.29 is 22.9 Å². The van der Waals surface area contributed by atoms with Gasteiger partial charge in [0.1, 0.15) is 12.6 Å². The number of nitrogens with zero attached hydrogens (tertiary/aromatic N) is 3. The zero-order chi connectivity index (χ0) is 28.6. The Kier molecular flexibility index (Phi) is 10.2. The summed E-state index contributed by atoms with van der Waals surface area (Å²) in [5, 5.41) is 14.1. The minimum atomic E-state index is -4.03. The monoisotopic (exact) mass is 616 g/mol. The number of carbonyl (C=O) groups excluding carboxylic acids is 2. The van der Waals surface area contributed by atoms with Crippen LogP contribution in [0.15, 0.2) is 83.3 Å². The number of nitro groups is 1. The zero-order valence-corrected chi connectivity index (χ0v) is 23.9. The van der Waals surface area contributed by atoms with Crippen LogP contribution in [-0.2, 0) is 32.6 Å². The predicted octanol–water partition coefficient (Wildman–Crippen LogP) is 3.90. The Morgan fingerprint density at radius 3 is 2.28 bits per heavy atom. The van der Waals surface area contributed by atoms with E-state index in [0.29, 0.717) is 6.54 Å². The van der Waals surface area contributed by atoms with Gasteiger partial charge in [-0.2, -0.15) is 0 Å². The summed E-state index contributed by atoms with van der Waals surface area (Å²) in [7, 11) is -4.03. The van der Waals surface area contributed by atoms with Crippen molar-refractivity contribution in [3.05, 3.63) is 105 Å². The molecule has 0 aliphatic carbocycles. The molecule has 0 saturated heterocycles. The summed E-state index contributed by atoms with van der Waals surface area (Å²) in [6.45, 7) is 1.48. The molecule has 1 atom stereocenters. The van der Waals surface area contributed by atoms with Crippen LogP contribution >= 0.6 is 15.9 Å². The predicted molar refractivity (Wildman–Crippen MR) is 153 cm³/mol. The van der Waals surface area contributed by atoms with E-state index in [-0.39, 0.29) is 30.2 Å². The molecule has 10 nitrogen and oxygen atoms in total. The Hall–Kier alpha value is -3.77. The highest BCUT2D eigenvalue weighted by Gasteiger charge is 2.33. The molecular weight excluding hydrogens is 588 g/mol. The number of rotatable bonds is 12. The summed E-state index contributed by atoms with van der Waals surface area (Å²) in [5.41, 5.74) is 1.20. The highest BCUT2D eigenvalue weighted by atomic mass is 79.9. The number of hydrogen-bond donors (Lipinski definition) is 1. The summed E-state index contributed by atoms with van der Waals surface area (Å²) >= 11 is 3.42. The van der Waals surface area contributed by atoms with Gasteiger partial charge in [0.15, 0.2) is 0 Å². The van der Waals surface area contributed by atoms with Crippen molar-refractivity contribution in [3.63, 3.8) is 0 Å². The molecule has 206 valence electrons. The molecule has 0 spiro atoms. The van der Waals surface area contributed by atoms with Crippen molar-refractivity contribution in [2.24, 2.45) is 0 Å². The van der Waals surface area contributed by atoms with Crippen LogP contribution in [-0.4, -0.2) is 55.4 Å². The molecule has 3 rings (SSSR count). The van der Waals surface area contributed by atoms with Gasteiger partial charge in [0.2, 0.25) is 21.8 Å². The number of benzene rings is 3. The number of nitrogens with one attached hydrogen (secondary N) is 1. The van der Waals surface area contributed by atoms with Gasteiger partial charge in [-0.3, -0.25) is 24.0 Å². The lowest BCUT2D eigenvalue weighted by atomic mass is 10.0. The van der Waals surface area contributed by atoms with Crippen molar-refractivity contribution >= 4 is 49.1 Å². The lowest BCUT2D eigenvalue weighted by Gasteiger charge is -2.33. The maximum atomic E-state index is 13.9. The number of nitro benzene ring substituents is 1. The minimum absolute atomic E-state index is 0.0272. The second-order valence-corrected chi connectivity index (χ2v) is 11.6. The smallest absolute Gasteiger partial charge is 0.271 e. The Morgan fingerprint density at radius 1 is 1.00 bits per heavy atom. The van der Waals surface area contributed by atoms with E-state index in [1.165, 1.54) is 23.1 Å². The third kappa shape index (κ3) is 8.36. The molecule has 12 heteroatoms. The van der Waals surface area contributed by atoms with Gasteiger partial charge in [0.25, 0.3) is 5.69 Å². The van der Waals surface area contributed by atoms with E-state index in [2.05, 4.69) is 21.2 Å². The third-order valence-corrected chi connectivity index (χ3v) is 7.51. The van der Waals surface area contributed by atoms with E-state index >= 15 is 0 Å². The standard InChI is InChI=1S/C27H29BrN4O6S/c1-3-29-27(34)25(16-20-9-5-4-6-10-20)30(18-21-11-7-12-22(28)15-21)26(33)19-31(39(2,37)38)23-13-8-14-24(17-23)32(35)36/h4-15,17,25H,3,16,18-19H2,1-2H3,(H,29,34)/t25-/m1/s1. The second-order valence-electron chi connectivity index (χ2n) is 8.80. The normalized spacial score (nSPS) is 11.9. The number of halogens is 1. The van der Waals surface area contributed by atoms with Crippen molar-refractivity contribution in [2.75, 3.05) is 23.7 Å². The molecule has 2 amide bonds. The lowest BCUT2D eigenvalue weighted by molar-refractivity contribution is -0.384. The highest BCUT2D eigenvalue weighted by molar-refractivity contribution is 9.10. The van der Waals surface area contributed by atoms with Gasteiger partial charge in [0.05, 0.1) is 16.9 Å². The quantitative estimate of drug-likeness (QED) is 0.243. The SMILES string of the molecule is CCNC(=O)[C@@H](Cc1ccccc1)N(Cc1cccc(Br)c1)C(=O)CN(c1cccc([N+](=O)[O-])c1)S(C)(=O)=O. The first-order valence-electron chi connectivity index (χ1n) is 12.1. The Morgan fingerprint density at radius 2 is 1.67 bits per heavy atom. The molecule has 0 aliphatic rings. The number of likely N-dealkylation sites (N-methyl/N-ethyl adjacent to an activating group) is 1. The molecule has 0 aromatic heterocycles. The van der Waals surface area contributed by atoms with Crippen molar-refractivity contribution in [1.29, 1.82) is 0 Å². The van der Waals surface area contributed by atoms with Crippen LogP contribution in [0.25, 0.3) is 0 Å². The first-order valence-corrected chi connectivity index (χ1v) is 14.7. The molecule has 0 aliphatic heterocycles. The fourth-order valence-corrected chi connectivity index (χ4v) is 5.34. The molecule has 1 N–H and O–H groups in total. The Bertz CT molecular complexity index is 1430. The highest BCUT2D eigenvalue weighted by Crippen LogP contribution is 2.24. The van der Waals surface area contributed by atoms with Gasteiger partial charge in [-0.25, -0.2) is 8.42 Å². The largest absolute Gasteiger partial charge is 0.355 e. The number of anilines is 1. The maximum absolute atomic E-state index is 13.9. The molecule has 0 bridgehead atoms. The average molecular weight is 618 g/mol. The molecule has 0 unspecified atom stereocenters. The van der Waals surface area contributed by atoms with Gasteiger partial charge in [-0.1, -0.05) is 64.5 Å². The molecule has 3 aromatic rings. The number of hydrogen-bond acceptors (Lipinski definition) is 6. The first-order chi connectivity index (χ1) is 18.5. The van der Waals surface area contributed by atoms with Crippen molar-refractivity contribution in [3.8, 4) is 0 Å². The van der Waals surface area contributed by atoms with Gasteiger partial charge in [0, 0.05) is 36.1 Å². The number of carbonyl (C=O) groups is 2. The molecule has 0 radical (unpaired) electrons. The number of amides is 2. The zero-order valence-electron chi connectivity index (χ0n) is 21.5. The van der Waals surface area contributed by atoms with Gasteiger partial charge >= 0.3 is 0 Å². The van der Waals surface area contributed by atoms with E-state index in [1.807, 2.05) is 42.5 Å². The second kappa shape index (κ2) is 13.3. The molecule has 3 aromatic carbocycles. The minimum Gasteiger partial charge on any atom is -0.355 e. The number of non-ortho nitro benzene ring substituents is 1. The molecule has 0 fully saturated rings. The lowest BCUT2D eigenvalue weighted by Crippen LogP contribution is -2.53. The number of sulfonamides is 1. The molecule has 39 heavy (non-hydrogen) atoms. The van der Waals surface area contributed by atoms with Gasteiger partial charge < -0.3 is 10.2 Å². The molecule has 0 heterocycles. The summed E-state index contributed by atoms with van der Waals surface area (Å²) in [4.78, 5) is 39.2. The molecular formula is C27H29BrN4O6S. The van der Waals surface area contributed by atoms with Crippen LogP contribution in [0.5, 0.6) is 0 Å². The van der Waals surface area contributed by atoms with Crippen LogP contribution in [0.4, 0.5) is 11.4 Å². The van der Waals surface area contributed by atoms with Gasteiger partial charge in [-0.15, -0.1) is 0 Å². The fraction of sp³-hybridized carbons (Fsp3) is 0.259. The summed E-state index contributed by atoms with van der Waals surface area (Å²) < 4.78 is 27.1. The van der Waals surface area contributed by atoms with Crippen LogP contribution < -0.4 is 9.62 Å². The van der Waals surface area contributed by atoms with Crippen LogP contribution in [0, 0.1) is 10.1 Å². The fourth-order valence-electron chi connectivity index (χ4n) is 4.05. The average Bonchev–Trinajstić information content (AvgIpc) is 2.89. The van der Waals surface area contributed by atoms with Crippen LogP contribution in [0.1, 0.15) is 18.1 Å². The van der Waals surface area contributed by atoms with Crippen molar-refractivity contribution in [1.82, 2.24) is 10.2 Å². The summed E-state index contributed by atoms with van der Waals surface area (Å²) in [6, 6.07) is 20.5. The molecule has 0 saturated carbocycles. The maximum Gasteiger partial charge on any atom is 0.271 e.